The number of rotatable bonds is 7. The highest BCUT2D eigenvalue weighted by molar-refractivity contribution is 6.89. The summed E-state index contributed by atoms with van der Waals surface area (Å²) >= 11 is 0. The zero-order chi connectivity index (χ0) is 34.2. The van der Waals surface area contributed by atoms with Gasteiger partial charge in [0.25, 0.3) is 0 Å². The van der Waals surface area contributed by atoms with E-state index in [9.17, 15) is 5.11 Å². The molecule has 3 aromatic heterocycles. The van der Waals surface area contributed by atoms with Crippen molar-refractivity contribution in [1.82, 2.24) is 19.5 Å². The van der Waals surface area contributed by atoms with E-state index in [1.807, 2.05) is 36.4 Å². The van der Waals surface area contributed by atoms with E-state index in [4.69, 9.17) is 9.97 Å². The molecule has 5 aromatic carbocycles. The summed E-state index contributed by atoms with van der Waals surface area (Å²) in [7, 11) is -1.70. The average molecular weight is 665 g/mol. The second kappa shape index (κ2) is 12.7. The molecule has 0 saturated heterocycles. The van der Waals surface area contributed by atoms with Gasteiger partial charge in [-0.05, 0) is 87.6 Å². The van der Waals surface area contributed by atoms with E-state index < -0.39 is 8.07 Å². The molecule has 0 saturated carbocycles. The average Bonchev–Trinajstić information content (AvgIpc) is 3.55. The number of benzene rings is 5. The summed E-state index contributed by atoms with van der Waals surface area (Å²) in [6, 6.07) is 49.9. The molecular weight excluding hydrogens is 629 g/mol. The quantitative estimate of drug-likeness (QED) is 0.172. The number of aromatic hydroxyl groups is 1. The van der Waals surface area contributed by atoms with Crippen molar-refractivity contribution in [2.24, 2.45) is 0 Å². The van der Waals surface area contributed by atoms with Crippen LogP contribution in [-0.4, -0.2) is 32.7 Å². The minimum atomic E-state index is -1.70. The van der Waals surface area contributed by atoms with E-state index in [1.165, 1.54) is 16.3 Å². The van der Waals surface area contributed by atoms with Crippen LogP contribution >= 0.6 is 0 Å². The Labute approximate surface area is 293 Å². The number of imidazole rings is 1. The zero-order valence-corrected chi connectivity index (χ0v) is 29.2. The molecule has 0 spiro atoms. The summed E-state index contributed by atoms with van der Waals surface area (Å²) in [6.45, 7) is 7.12. The van der Waals surface area contributed by atoms with Crippen LogP contribution in [0, 0.1) is 0 Å². The van der Waals surface area contributed by atoms with E-state index >= 15 is 0 Å². The van der Waals surface area contributed by atoms with Gasteiger partial charge in [-0.3, -0.25) is 9.55 Å². The van der Waals surface area contributed by atoms with Crippen LogP contribution < -0.4 is 5.19 Å². The second-order valence-corrected chi connectivity index (χ2v) is 18.6. The third-order valence-corrected chi connectivity index (χ3v) is 11.2. The van der Waals surface area contributed by atoms with Crippen LogP contribution in [0.4, 0.5) is 0 Å². The van der Waals surface area contributed by atoms with E-state index in [0.717, 1.165) is 50.2 Å². The molecule has 0 fully saturated rings. The Morgan fingerprint density at radius 3 is 1.92 bits per heavy atom. The monoisotopic (exact) mass is 664 g/mol. The van der Waals surface area contributed by atoms with Crippen molar-refractivity contribution in [2.45, 2.75) is 19.6 Å². The lowest BCUT2D eigenvalue weighted by Crippen LogP contribution is -2.39. The van der Waals surface area contributed by atoms with E-state index in [-0.39, 0.29) is 5.75 Å². The first-order chi connectivity index (χ1) is 24.3. The predicted molar refractivity (Wildman–Crippen MR) is 208 cm³/mol. The smallest absolute Gasteiger partial charge is 0.168 e. The molecule has 1 N–H and O–H groups in total. The molecule has 0 aliphatic carbocycles. The van der Waals surface area contributed by atoms with Crippen molar-refractivity contribution in [1.29, 1.82) is 0 Å². The molecule has 6 heteroatoms. The summed E-state index contributed by atoms with van der Waals surface area (Å²) in [5.74, 6) is 0.657. The third kappa shape index (κ3) is 5.80. The topological polar surface area (TPSA) is 63.8 Å². The van der Waals surface area contributed by atoms with Crippen LogP contribution in [0.15, 0.2) is 158 Å². The number of fused-ring (bicyclic) bond motifs is 1. The second-order valence-electron chi connectivity index (χ2n) is 13.5. The highest BCUT2D eigenvalue weighted by atomic mass is 28.3. The molecule has 8 rings (SSSR count). The van der Waals surface area contributed by atoms with Crippen molar-refractivity contribution >= 4 is 24.3 Å². The Bertz CT molecular complexity index is 2470. The molecule has 0 bridgehead atoms. The Morgan fingerprint density at radius 1 is 0.560 bits per heavy atom. The van der Waals surface area contributed by atoms with Gasteiger partial charge in [0, 0.05) is 29.2 Å². The van der Waals surface area contributed by atoms with Crippen molar-refractivity contribution < 1.29 is 5.11 Å². The first-order valence-corrected chi connectivity index (χ1v) is 20.3. The lowest BCUT2D eigenvalue weighted by molar-refractivity contribution is 0.474. The number of para-hydroxylation sites is 2. The normalized spacial score (nSPS) is 11.6. The van der Waals surface area contributed by atoms with Crippen molar-refractivity contribution in [2.75, 3.05) is 0 Å². The highest BCUT2D eigenvalue weighted by Gasteiger charge is 2.24. The van der Waals surface area contributed by atoms with Gasteiger partial charge in [0.2, 0.25) is 0 Å². The molecule has 0 radical (unpaired) electrons. The molecular formula is C44H36N4OSi. The summed E-state index contributed by atoms with van der Waals surface area (Å²) in [4.78, 5) is 14.9. The fraction of sp³-hybridized carbons (Fsp3) is 0.0682. The lowest BCUT2D eigenvalue weighted by Gasteiger charge is -2.22. The molecule has 0 amide bonds. The lowest BCUT2D eigenvalue weighted by atomic mass is 9.93. The van der Waals surface area contributed by atoms with Gasteiger partial charge in [-0.15, -0.1) is 0 Å². The molecule has 0 unspecified atom stereocenters. The van der Waals surface area contributed by atoms with Gasteiger partial charge in [-0.2, -0.15) is 0 Å². The van der Waals surface area contributed by atoms with Crippen LogP contribution in [0.1, 0.15) is 0 Å². The van der Waals surface area contributed by atoms with Gasteiger partial charge in [0.15, 0.2) is 5.82 Å². The fourth-order valence-electron chi connectivity index (χ4n) is 6.69. The summed E-state index contributed by atoms with van der Waals surface area (Å²) < 4.78 is 2.08. The number of nitrogens with zero attached hydrogens (tertiary/aromatic N) is 4. The first kappa shape index (κ1) is 31.2. The molecule has 8 aromatic rings. The largest absolute Gasteiger partial charge is 0.506 e. The van der Waals surface area contributed by atoms with E-state index in [1.54, 1.807) is 18.3 Å². The molecule has 0 aliphatic rings. The Kier molecular flexibility index (Phi) is 7.94. The first-order valence-electron chi connectivity index (χ1n) is 16.8. The van der Waals surface area contributed by atoms with Crippen molar-refractivity contribution in [3.05, 3.63) is 158 Å². The number of pyridine rings is 2. The van der Waals surface area contributed by atoms with Crippen LogP contribution in [-0.2, 0) is 0 Å². The molecule has 0 aliphatic heterocycles. The summed E-state index contributed by atoms with van der Waals surface area (Å²) in [5.41, 5.74) is 11.7. The predicted octanol–water partition coefficient (Wildman–Crippen LogP) is 10.4. The van der Waals surface area contributed by atoms with E-state index in [2.05, 4.69) is 132 Å². The van der Waals surface area contributed by atoms with Gasteiger partial charge < -0.3 is 5.11 Å². The number of hydrogen-bond acceptors (Lipinski definition) is 4. The number of aromatic nitrogens is 4. The van der Waals surface area contributed by atoms with Gasteiger partial charge in [-0.25, -0.2) is 9.97 Å². The molecule has 5 nitrogen and oxygen atoms in total. The summed E-state index contributed by atoms with van der Waals surface area (Å²) in [6.07, 6.45) is 3.79. The van der Waals surface area contributed by atoms with Gasteiger partial charge >= 0.3 is 0 Å². The highest BCUT2D eigenvalue weighted by Crippen LogP contribution is 2.39. The standard InChI is InChI=1S/C44H36N4OSi/c1-50(2,3)41-29-46-38(28-37(41)31-17-9-5-10-18-31)34-26-32(30-15-7-4-8-16-30)25-33(27-34)36-21-13-22-39-42(36)47-44(43-40(49)23-14-24-45-43)48(39)35-19-11-6-12-20-35/h4-29,49H,1-3H3. The third-order valence-electron chi connectivity index (χ3n) is 9.14. The van der Waals surface area contributed by atoms with Crippen LogP contribution in [0.2, 0.25) is 19.6 Å². The molecule has 242 valence electrons. The number of hydrogen-bond donors (Lipinski definition) is 1. The van der Waals surface area contributed by atoms with Crippen LogP contribution in [0.25, 0.3) is 72.9 Å². The fourth-order valence-corrected chi connectivity index (χ4v) is 8.17. The maximum atomic E-state index is 10.9. The molecule has 0 atom stereocenters. The van der Waals surface area contributed by atoms with Crippen LogP contribution in [0.5, 0.6) is 5.75 Å². The minimum absolute atomic E-state index is 0.0805. The van der Waals surface area contributed by atoms with Crippen molar-refractivity contribution in [3.63, 3.8) is 0 Å². The maximum Gasteiger partial charge on any atom is 0.168 e. The zero-order valence-electron chi connectivity index (χ0n) is 28.2. The van der Waals surface area contributed by atoms with Gasteiger partial charge in [0.05, 0.1) is 24.8 Å². The van der Waals surface area contributed by atoms with Crippen LogP contribution in [0.3, 0.4) is 0 Å². The Balaban J connectivity index is 1.38. The van der Waals surface area contributed by atoms with Gasteiger partial charge in [-0.1, -0.05) is 111 Å². The molecule has 3 heterocycles. The maximum absolute atomic E-state index is 10.9. The minimum Gasteiger partial charge on any atom is -0.506 e. The molecule has 50 heavy (non-hydrogen) atoms. The van der Waals surface area contributed by atoms with Gasteiger partial charge in [0.1, 0.15) is 11.4 Å². The SMILES string of the molecule is C[Si](C)(C)c1cnc(-c2cc(-c3ccccc3)cc(-c3cccc4c3nc(-c3ncccc3O)n4-c3ccccc3)c2)cc1-c1ccccc1. The van der Waals surface area contributed by atoms with Crippen molar-refractivity contribution in [3.8, 4) is 67.6 Å². The summed E-state index contributed by atoms with van der Waals surface area (Å²) in [5, 5.41) is 12.3. The van der Waals surface area contributed by atoms with E-state index in [0.29, 0.717) is 11.5 Å². The Morgan fingerprint density at radius 2 is 1.22 bits per heavy atom. The Hall–Kier alpha value is -6.11.